The van der Waals surface area contributed by atoms with E-state index in [1.807, 2.05) is 0 Å². The third kappa shape index (κ3) is 3.49. The smallest absolute Gasteiger partial charge is 0.188 e. The Kier molecular flexibility index (Phi) is 4.91. The Morgan fingerprint density at radius 1 is 1.07 bits per heavy atom. The number of hydrogen-bond donors (Lipinski definition) is 0. The first-order valence-electron chi connectivity index (χ1n) is 10.00. The highest BCUT2D eigenvalue weighted by molar-refractivity contribution is 9.11. The minimum absolute atomic E-state index is 0.0528. The van der Waals surface area contributed by atoms with Gasteiger partial charge in [-0.15, -0.1) is 0 Å². The van der Waals surface area contributed by atoms with Crippen molar-refractivity contribution in [1.29, 1.82) is 0 Å². The predicted molar refractivity (Wildman–Crippen MR) is 125 cm³/mol. The van der Waals surface area contributed by atoms with Crippen molar-refractivity contribution in [2.75, 3.05) is 0 Å². The van der Waals surface area contributed by atoms with Crippen LogP contribution in [-0.4, -0.2) is 16.9 Å². The summed E-state index contributed by atoms with van der Waals surface area (Å²) in [4.78, 5) is 0. The second-order valence-electron chi connectivity index (χ2n) is 8.22. The SMILES string of the molecule is CC(C)CC1Oc2c(Br)cc(Br)cc2C2CC(c3ccc4ccccc4c3)=NN12. The first-order chi connectivity index (χ1) is 14.0. The molecule has 0 fully saturated rings. The van der Waals surface area contributed by atoms with E-state index < -0.39 is 0 Å². The number of hydrazone groups is 1. The first-order valence-corrected chi connectivity index (χ1v) is 11.6. The highest BCUT2D eigenvalue weighted by Gasteiger charge is 2.41. The summed E-state index contributed by atoms with van der Waals surface area (Å²) < 4.78 is 8.49. The normalized spacial score (nSPS) is 20.4. The van der Waals surface area contributed by atoms with Crippen LogP contribution in [0.2, 0.25) is 0 Å². The van der Waals surface area contributed by atoms with Gasteiger partial charge in [0.05, 0.1) is 16.2 Å². The number of nitrogens with zero attached hydrogens (tertiary/aromatic N) is 2. The van der Waals surface area contributed by atoms with Gasteiger partial charge in [0.1, 0.15) is 5.75 Å². The van der Waals surface area contributed by atoms with Gasteiger partial charge >= 0.3 is 0 Å². The van der Waals surface area contributed by atoms with E-state index in [0.29, 0.717) is 5.92 Å². The maximum atomic E-state index is 6.45. The third-order valence-corrected chi connectivity index (χ3v) is 6.69. The standard InChI is InChI=1S/C24H22Br2N2O/c1-14(2)9-23-28-22(19-11-18(25)12-20(26)24(19)29-23)13-21(27-28)17-8-7-15-5-3-4-6-16(15)10-17/h3-8,10-12,14,22-23H,9,13H2,1-2H3. The summed E-state index contributed by atoms with van der Waals surface area (Å²) in [5.74, 6) is 1.48. The van der Waals surface area contributed by atoms with Gasteiger partial charge in [-0.25, -0.2) is 0 Å². The number of hydrogen-bond acceptors (Lipinski definition) is 3. The molecule has 2 atom stereocenters. The molecule has 3 nitrogen and oxygen atoms in total. The fourth-order valence-corrected chi connectivity index (χ4v) is 5.64. The van der Waals surface area contributed by atoms with E-state index >= 15 is 0 Å². The van der Waals surface area contributed by atoms with Crippen LogP contribution in [0.3, 0.4) is 0 Å². The van der Waals surface area contributed by atoms with Crippen LogP contribution in [0, 0.1) is 5.92 Å². The Morgan fingerprint density at radius 3 is 2.66 bits per heavy atom. The van der Waals surface area contributed by atoms with Crippen LogP contribution < -0.4 is 4.74 Å². The van der Waals surface area contributed by atoms with Crippen molar-refractivity contribution in [3.63, 3.8) is 0 Å². The Morgan fingerprint density at radius 2 is 1.86 bits per heavy atom. The maximum absolute atomic E-state index is 6.45. The van der Waals surface area contributed by atoms with Gasteiger partial charge in [0, 0.05) is 22.9 Å². The van der Waals surface area contributed by atoms with Crippen LogP contribution in [0.1, 0.15) is 43.9 Å². The topological polar surface area (TPSA) is 24.8 Å². The van der Waals surface area contributed by atoms with Crippen molar-refractivity contribution < 1.29 is 4.74 Å². The van der Waals surface area contributed by atoms with E-state index in [1.165, 1.54) is 21.9 Å². The monoisotopic (exact) mass is 512 g/mol. The molecule has 2 heterocycles. The van der Waals surface area contributed by atoms with Crippen LogP contribution >= 0.6 is 31.9 Å². The fourth-order valence-electron chi connectivity index (χ4n) is 4.29. The highest BCUT2D eigenvalue weighted by Crippen LogP contribution is 2.48. The van der Waals surface area contributed by atoms with Gasteiger partial charge in [-0.2, -0.15) is 5.10 Å². The van der Waals surface area contributed by atoms with E-state index in [9.17, 15) is 0 Å². The average molecular weight is 514 g/mol. The van der Waals surface area contributed by atoms with Gasteiger partial charge in [-0.3, -0.25) is 5.01 Å². The largest absolute Gasteiger partial charge is 0.467 e. The second kappa shape index (κ2) is 7.44. The first kappa shape index (κ1) is 19.1. The van der Waals surface area contributed by atoms with Crippen molar-refractivity contribution in [2.24, 2.45) is 11.0 Å². The third-order valence-electron chi connectivity index (χ3n) is 5.64. The number of ether oxygens (including phenoxy) is 1. The number of fused-ring (bicyclic) bond motifs is 4. The zero-order chi connectivity index (χ0) is 20.1. The van der Waals surface area contributed by atoms with Crippen LogP contribution in [0.15, 0.2) is 68.6 Å². The molecule has 2 aliphatic heterocycles. The summed E-state index contributed by atoms with van der Waals surface area (Å²) in [6, 6.07) is 19.5. The molecule has 5 rings (SSSR count). The molecule has 148 valence electrons. The van der Waals surface area contributed by atoms with Crippen molar-refractivity contribution in [3.8, 4) is 5.75 Å². The molecule has 0 spiro atoms. The van der Waals surface area contributed by atoms with Crippen LogP contribution in [0.25, 0.3) is 10.8 Å². The van der Waals surface area contributed by atoms with E-state index in [0.717, 1.165) is 33.2 Å². The zero-order valence-electron chi connectivity index (χ0n) is 16.4. The molecule has 0 saturated carbocycles. The molecule has 29 heavy (non-hydrogen) atoms. The average Bonchev–Trinajstić information content (AvgIpc) is 3.14. The molecule has 0 saturated heterocycles. The van der Waals surface area contributed by atoms with Gasteiger partial charge in [0.2, 0.25) is 0 Å². The van der Waals surface area contributed by atoms with Gasteiger partial charge in [0.25, 0.3) is 0 Å². The molecule has 0 aromatic heterocycles. The predicted octanol–water partition coefficient (Wildman–Crippen LogP) is 7.28. The molecule has 3 aromatic rings. The summed E-state index contributed by atoms with van der Waals surface area (Å²) in [5.41, 5.74) is 3.50. The Labute approximate surface area is 188 Å². The summed E-state index contributed by atoms with van der Waals surface area (Å²) in [6.07, 6.45) is 1.77. The molecule has 2 unspecified atom stereocenters. The molecule has 0 aliphatic carbocycles. The summed E-state index contributed by atoms with van der Waals surface area (Å²) in [5, 5.41) is 9.77. The van der Waals surface area contributed by atoms with Crippen LogP contribution in [-0.2, 0) is 0 Å². The number of benzene rings is 3. The fraction of sp³-hybridized carbons (Fsp3) is 0.292. The second-order valence-corrected chi connectivity index (χ2v) is 9.99. The molecule has 3 aromatic carbocycles. The summed E-state index contributed by atoms with van der Waals surface area (Å²) in [7, 11) is 0. The van der Waals surface area contributed by atoms with Gasteiger partial charge in [-0.05, 0) is 56.4 Å². The lowest BCUT2D eigenvalue weighted by molar-refractivity contribution is -0.0297. The van der Waals surface area contributed by atoms with E-state index in [-0.39, 0.29) is 12.3 Å². The van der Waals surface area contributed by atoms with Crippen LogP contribution in [0.5, 0.6) is 5.75 Å². The van der Waals surface area contributed by atoms with Crippen molar-refractivity contribution in [3.05, 3.63) is 74.7 Å². The Bertz CT molecular complexity index is 1130. The Hall–Kier alpha value is -1.85. The molecule has 0 radical (unpaired) electrons. The summed E-state index contributed by atoms with van der Waals surface area (Å²) in [6.45, 7) is 4.46. The zero-order valence-corrected chi connectivity index (χ0v) is 19.6. The van der Waals surface area contributed by atoms with E-state index in [4.69, 9.17) is 9.84 Å². The molecular weight excluding hydrogens is 492 g/mol. The lowest BCUT2D eigenvalue weighted by atomic mass is 9.95. The number of rotatable bonds is 3. The van der Waals surface area contributed by atoms with Crippen molar-refractivity contribution >= 4 is 48.3 Å². The lowest BCUT2D eigenvalue weighted by Gasteiger charge is -2.39. The molecular formula is C24H22Br2N2O. The van der Waals surface area contributed by atoms with Gasteiger partial charge in [-0.1, -0.05) is 66.2 Å². The molecule has 0 N–H and O–H groups in total. The lowest BCUT2D eigenvalue weighted by Crippen LogP contribution is -2.41. The maximum Gasteiger partial charge on any atom is 0.188 e. The van der Waals surface area contributed by atoms with Gasteiger partial charge < -0.3 is 4.74 Å². The molecule has 2 aliphatic rings. The minimum Gasteiger partial charge on any atom is -0.467 e. The van der Waals surface area contributed by atoms with Crippen molar-refractivity contribution in [2.45, 2.75) is 39.0 Å². The van der Waals surface area contributed by atoms with E-state index in [1.54, 1.807) is 0 Å². The van der Waals surface area contributed by atoms with Crippen LogP contribution in [0.4, 0.5) is 0 Å². The minimum atomic E-state index is -0.0528. The van der Waals surface area contributed by atoms with Crippen molar-refractivity contribution in [1.82, 2.24) is 5.01 Å². The Balaban J connectivity index is 1.57. The molecule has 0 bridgehead atoms. The van der Waals surface area contributed by atoms with Gasteiger partial charge in [0.15, 0.2) is 6.23 Å². The quantitative estimate of drug-likeness (QED) is 0.367. The van der Waals surface area contributed by atoms with E-state index in [2.05, 4.69) is 105 Å². The molecule has 5 heteroatoms. The molecule has 0 amide bonds. The number of halogens is 2. The highest BCUT2D eigenvalue weighted by atomic mass is 79.9. The summed E-state index contributed by atoms with van der Waals surface area (Å²) >= 11 is 7.34.